The summed E-state index contributed by atoms with van der Waals surface area (Å²) in [5.74, 6) is 2.89. The fraction of sp³-hybridized carbons (Fsp3) is 0.944. The number of hydrogen-bond donors (Lipinski definition) is 0. The van der Waals surface area contributed by atoms with Gasteiger partial charge >= 0.3 is 11.9 Å². The summed E-state index contributed by atoms with van der Waals surface area (Å²) in [5.41, 5.74) is 0. The maximum Gasteiger partial charge on any atom is 0.306 e. The van der Waals surface area contributed by atoms with Crippen LogP contribution in [0.5, 0.6) is 0 Å². The number of carbonyl (C=O) groups excluding carboxylic acids is 2. The molecule has 5 heteroatoms. The van der Waals surface area contributed by atoms with E-state index in [9.17, 15) is 9.59 Å². The number of rotatable bonds is 32. The first kappa shape index (κ1) is 40.3. The van der Waals surface area contributed by atoms with Crippen molar-refractivity contribution >= 4 is 23.7 Å². The molecular formula is C36H70O4S. The molecule has 0 bridgehead atoms. The van der Waals surface area contributed by atoms with Crippen molar-refractivity contribution < 1.29 is 19.1 Å². The average Bonchev–Trinajstić information content (AvgIpc) is 2.93. The minimum Gasteiger partial charge on any atom is -0.466 e. The lowest BCUT2D eigenvalue weighted by Crippen LogP contribution is -2.09. The molecule has 0 atom stereocenters. The first-order chi connectivity index (χ1) is 19.9. The number of carbonyl (C=O) groups is 2. The van der Waals surface area contributed by atoms with Crippen LogP contribution in [-0.2, 0) is 19.1 Å². The van der Waals surface area contributed by atoms with Crippen molar-refractivity contribution in [1.29, 1.82) is 0 Å². The number of unbranched alkanes of at least 4 members (excludes halogenated alkanes) is 18. The minimum atomic E-state index is -0.112. The number of thioether (sulfide) groups is 1. The summed E-state index contributed by atoms with van der Waals surface area (Å²) < 4.78 is 10.7. The Morgan fingerprint density at radius 3 is 1.00 bits per heavy atom. The summed E-state index contributed by atoms with van der Waals surface area (Å²) in [5, 5.41) is 0. The monoisotopic (exact) mass is 598 g/mol. The Morgan fingerprint density at radius 2 is 0.707 bits per heavy atom. The Morgan fingerprint density at radius 1 is 0.439 bits per heavy atom. The normalized spacial score (nSPS) is 11.5. The fourth-order valence-corrected chi connectivity index (χ4v) is 5.89. The van der Waals surface area contributed by atoms with Crippen LogP contribution in [0.3, 0.4) is 0 Å². The van der Waals surface area contributed by atoms with E-state index < -0.39 is 0 Å². The first-order valence-corrected chi connectivity index (χ1v) is 19.0. The summed E-state index contributed by atoms with van der Waals surface area (Å²) in [6, 6.07) is 0. The molecule has 0 spiro atoms. The molecule has 0 saturated carbocycles. The predicted molar refractivity (Wildman–Crippen MR) is 180 cm³/mol. The van der Waals surface area contributed by atoms with Crippen LogP contribution in [-0.4, -0.2) is 36.7 Å². The van der Waals surface area contributed by atoms with Gasteiger partial charge in [0.15, 0.2) is 0 Å². The second-order valence-corrected chi connectivity index (χ2v) is 14.2. The Hall–Kier alpha value is -0.710. The zero-order chi connectivity index (χ0) is 30.2. The highest BCUT2D eigenvalue weighted by atomic mass is 32.2. The standard InChI is InChI=1S/C36H70O4S/c1-33(2)25-21-17-13-9-5-7-11-15-19-23-29-39-35(37)27-31-41-32-28-36(38)40-30-24-20-16-12-8-6-10-14-18-22-26-34(3)4/h33-34H,5-32H2,1-4H3. The van der Waals surface area contributed by atoms with Crippen molar-refractivity contribution in [1.82, 2.24) is 0 Å². The molecule has 0 aromatic rings. The summed E-state index contributed by atoms with van der Waals surface area (Å²) in [6.45, 7) is 10.3. The number of hydrogen-bond acceptors (Lipinski definition) is 5. The Balaban J connectivity index is 3.28. The summed E-state index contributed by atoms with van der Waals surface area (Å²) >= 11 is 1.63. The lowest BCUT2D eigenvalue weighted by Gasteiger charge is -2.06. The van der Waals surface area contributed by atoms with E-state index in [0.29, 0.717) is 37.6 Å². The molecule has 0 aromatic heterocycles. The smallest absolute Gasteiger partial charge is 0.306 e. The van der Waals surface area contributed by atoms with Gasteiger partial charge in [-0.1, -0.05) is 156 Å². The minimum absolute atomic E-state index is 0.112. The second-order valence-electron chi connectivity index (χ2n) is 13.0. The topological polar surface area (TPSA) is 52.6 Å². The highest BCUT2D eigenvalue weighted by molar-refractivity contribution is 7.99. The van der Waals surface area contributed by atoms with Crippen molar-refractivity contribution in [3.8, 4) is 0 Å². The molecule has 0 unspecified atom stereocenters. The van der Waals surface area contributed by atoms with Gasteiger partial charge in [0, 0.05) is 11.5 Å². The SMILES string of the molecule is CC(C)CCCCCCCCCCCCOC(=O)CCSCCC(=O)OCCCCCCCCCCCCC(C)C. The van der Waals surface area contributed by atoms with Crippen LogP contribution in [0, 0.1) is 11.8 Å². The van der Waals surface area contributed by atoms with Crippen molar-refractivity contribution in [3.05, 3.63) is 0 Å². The lowest BCUT2D eigenvalue weighted by atomic mass is 10.0. The van der Waals surface area contributed by atoms with E-state index in [1.807, 2.05) is 0 Å². The molecular weight excluding hydrogens is 528 g/mol. The van der Waals surface area contributed by atoms with Crippen LogP contribution in [0.4, 0.5) is 0 Å². The molecule has 244 valence electrons. The van der Waals surface area contributed by atoms with Gasteiger partial charge in [-0.05, 0) is 24.7 Å². The van der Waals surface area contributed by atoms with Crippen LogP contribution in [0.15, 0.2) is 0 Å². The second kappa shape index (κ2) is 32.2. The molecule has 4 nitrogen and oxygen atoms in total. The summed E-state index contributed by atoms with van der Waals surface area (Å²) in [6.07, 6.45) is 29.5. The average molecular weight is 599 g/mol. The molecule has 0 N–H and O–H groups in total. The van der Waals surface area contributed by atoms with Crippen molar-refractivity contribution in [3.63, 3.8) is 0 Å². The van der Waals surface area contributed by atoms with Gasteiger partial charge in [-0.2, -0.15) is 11.8 Å². The molecule has 0 rings (SSSR count). The third-order valence-electron chi connectivity index (χ3n) is 7.78. The third kappa shape index (κ3) is 35.4. The number of ether oxygens (including phenoxy) is 2. The van der Waals surface area contributed by atoms with E-state index in [1.165, 1.54) is 116 Å². The molecule has 0 aromatic carbocycles. The van der Waals surface area contributed by atoms with Crippen LogP contribution in [0.1, 0.15) is 182 Å². The Bertz CT molecular complexity index is 516. The molecule has 0 heterocycles. The van der Waals surface area contributed by atoms with Crippen LogP contribution >= 0.6 is 11.8 Å². The summed E-state index contributed by atoms with van der Waals surface area (Å²) in [7, 11) is 0. The molecule has 41 heavy (non-hydrogen) atoms. The van der Waals surface area contributed by atoms with E-state index in [1.54, 1.807) is 11.8 Å². The van der Waals surface area contributed by atoms with E-state index >= 15 is 0 Å². The van der Waals surface area contributed by atoms with E-state index in [4.69, 9.17) is 9.47 Å². The zero-order valence-electron chi connectivity index (χ0n) is 28.0. The van der Waals surface area contributed by atoms with E-state index in [0.717, 1.165) is 37.5 Å². The first-order valence-electron chi connectivity index (χ1n) is 17.8. The molecule has 0 saturated heterocycles. The fourth-order valence-electron chi connectivity index (χ4n) is 5.07. The van der Waals surface area contributed by atoms with Crippen LogP contribution in [0.25, 0.3) is 0 Å². The maximum atomic E-state index is 11.9. The predicted octanol–water partition coefficient (Wildman–Crippen LogP) is 11.5. The van der Waals surface area contributed by atoms with Gasteiger partial charge in [-0.15, -0.1) is 0 Å². The van der Waals surface area contributed by atoms with E-state index in [2.05, 4.69) is 27.7 Å². The molecule has 0 radical (unpaired) electrons. The lowest BCUT2D eigenvalue weighted by molar-refractivity contribution is -0.144. The zero-order valence-corrected chi connectivity index (χ0v) is 28.8. The van der Waals surface area contributed by atoms with Crippen molar-refractivity contribution in [2.45, 2.75) is 182 Å². The van der Waals surface area contributed by atoms with Gasteiger partial charge in [-0.3, -0.25) is 9.59 Å². The third-order valence-corrected chi connectivity index (χ3v) is 8.76. The van der Waals surface area contributed by atoms with Crippen molar-refractivity contribution in [2.75, 3.05) is 24.7 Å². The quantitative estimate of drug-likeness (QED) is 0.0569. The molecule has 0 fully saturated rings. The highest BCUT2D eigenvalue weighted by Crippen LogP contribution is 2.15. The Labute approximate surface area is 260 Å². The Kier molecular flexibility index (Phi) is 31.7. The van der Waals surface area contributed by atoms with Gasteiger partial charge in [0.2, 0.25) is 0 Å². The van der Waals surface area contributed by atoms with Crippen molar-refractivity contribution in [2.24, 2.45) is 11.8 Å². The molecule has 0 aliphatic rings. The van der Waals surface area contributed by atoms with E-state index in [-0.39, 0.29) is 11.9 Å². The van der Waals surface area contributed by atoms with Gasteiger partial charge in [0.25, 0.3) is 0 Å². The van der Waals surface area contributed by atoms with Gasteiger partial charge in [0.05, 0.1) is 26.1 Å². The maximum absolute atomic E-state index is 11.9. The van der Waals surface area contributed by atoms with Gasteiger partial charge < -0.3 is 9.47 Å². The van der Waals surface area contributed by atoms with Gasteiger partial charge in [0.1, 0.15) is 0 Å². The molecule has 0 aliphatic carbocycles. The van der Waals surface area contributed by atoms with Crippen LogP contribution in [0.2, 0.25) is 0 Å². The number of esters is 2. The highest BCUT2D eigenvalue weighted by Gasteiger charge is 2.06. The molecule has 0 aliphatic heterocycles. The van der Waals surface area contributed by atoms with Crippen LogP contribution < -0.4 is 0 Å². The van der Waals surface area contributed by atoms with Gasteiger partial charge in [-0.25, -0.2) is 0 Å². The summed E-state index contributed by atoms with van der Waals surface area (Å²) in [4.78, 5) is 23.8. The largest absolute Gasteiger partial charge is 0.466 e. The molecule has 0 amide bonds.